The van der Waals surface area contributed by atoms with Crippen LogP contribution in [0.4, 0.5) is 5.69 Å². The Balaban J connectivity index is 1.91. The molecule has 1 aromatic carbocycles. The number of nitrogens with zero attached hydrogens (tertiary/aromatic N) is 1. The van der Waals surface area contributed by atoms with Crippen LogP contribution in [-0.2, 0) is 4.79 Å². The van der Waals surface area contributed by atoms with Crippen molar-refractivity contribution in [1.29, 1.82) is 0 Å². The van der Waals surface area contributed by atoms with Gasteiger partial charge in [-0.25, -0.2) is 0 Å². The Bertz CT molecular complexity index is 577. The lowest BCUT2D eigenvalue weighted by Crippen LogP contribution is -2.53. The molecule has 1 aliphatic rings. The lowest BCUT2D eigenvalue weighted by Gasteiger charge is -2.45. The molecule has 2 aromatic rings. The molecule has 0 spiro atoms. The Morgan fingerprint density at radius 3 is 2.53 bits per heavy atom. The van der Waals surface area contributed by atoms with Crippen LogP contribution < -0.4 is 9.64 Å². The second kappa shape index (κ2) is 4.70. The zero-order chi connectivity index (χ0) is 13.4. The van der Waals surface area contributed by atoms with E-state index in [0.717, 1.165) is 11.4 Å². The summed E-state index contributed by atoms with van der Waals surface area (Å²) in [5.41, 5.74) is 0.933. The van der Waals surface area contributed by atoms with Gasteiger partial charge >= 0.3 is 0 Å². The van der Waals surface area contributed by atoms with E-state index in [0.29, 0.717) is 0 Å². The zero-order valence-corrected chi connectivity index (χ0v) is 11.7. The summed E-state index contributed by atoms with van der Waals surface area (Å²) in [6.45, 7) is 1.99. The third-order valence-electron chi connectivity index (χ3n) is 3.56. The summed E-state index contributed by atoms with van der Waals surface area (Å²) >= 11 is 1.70. The van der Waals surface area contributed by atoms with Crippen molar-refractivity contribution < 1.29 is 9.53 Å². The fourth-order valence-electron chi connectivity index (χ4n) is 2.50. The minimum atomic E-state index is 0.0563. The van der Waals surface area contributed by atoms with E-state index in [1.54, 1.807) is 18.4 Å². The van der Waals surface area contributed by atoms with E-state index in [1.807, 2.05) is 42.2 Å². The molecule has 0 N–H and O–H groups in total. The van der Waals surface area contributed by atoms with Crippen LogP contribution in [0, 0.1) is 5.92 Å². The number of thiophene rings is 1. The summed E-state index contributed by atoms with van der Waals surface area (Å²) in [5.74, 6) is 1.04. The van der Waals surface area contributed by atoms with E-state index in [4.69, 9.17) is 4.74 Å². The summed E-state index contributed by atoms with van der Waals surface area (Å²) in [6.07, 6.45) is 0. The van der Waals surface area contributed by atoms with Crippen molar-refractivity contribution in [3.8, 4) is 5.75 Å². The largest absolute Gasteiger partial charge is 0.497 e. The molecule has 0 unspecified atom stereocenters. The molecular formula is C15H15NO2S. The molecule has 19 heavy (non-hydrogen) atoms. The highest BCUT2D eigenvalue weighted by Crippen LogP contribution is 2.44. The van der Waals surface area contributed by atoms with Crippen LogP contribution in [0.3, 0.4) is 0 Å². The number of β-lactam (4-membered cyclic amide) rings is 1. The summed E-state index contributed by atoms with van der Waals surface area (Å²) in [5, 5.41) is 2.05. The predicted molar refractivity (Wildman–Crippen MR) is 76.7 cm³/mol. The van der Waals surface area contributed by atoms with Gasteiger partial charge in [0.25, 0.3) is 0 Å². The van der Waals surface area contributed by atoms with Crippen LogP contribution >= 0.6 is 11.3 Å². The lowest BCUT2D eigenvalue weighted by atomic mass is 9.87. The molecule has 3 nitrogen and oxygen atoms in total. The van der Waals surface area contributed by atoms with Gasteiger partial charge in [0.05, 0.1) is 19.1 Å². The van der Waals surface area contributed by atoms with E-state index < -0.39 is 0 Å². The smallest absolute Gasteiger partial charge is 0.232 e. The van der Waals surface area contributed by atoms with E-state index in [9.17, 15) is 4.79 Å². The van der Waals surface area contributed by atoms with Crippen molar-refractivity contribution in [1.82, 2.24) is 0 Å². The highest BCUT2D eigenvalue weighted by Gasteiger charge is 2.46. The molecule has 2 heterocycles. The summed E-state index contributed by atoms with van der Waals surface area (Å²) in [6, 6.07) is 11.9. The van der Waals surface area contributed by atoms with Gasteiger partial charge in [-0.2, -0.15) is 0 Å². The van der Waals surface area contributed by atoms with Crippen LogP contribution in [0.1, 0.15) is 17.8 Å². The molecule has 0 saturated carbocycles. The highest BCUT2D eigenvalue weighted by atomic mass is 32.1. The van der Waals surface area contributed by atoms with Gasteiger partial charge in [-0.05, 0) is 35.7 Å². The number of amides is 1. The van der Waals surface area contributed by atoms with Crippen LogP contribution in [-0.4, -0.2) is 13.0 Å². The predicted octanol–water partition coefficient (Wildman–Crippen LogP) is 3.48. The minimum Gasteiger partial charge on any atom is -0.497 e. The topological polar surface area (TPSA) is 29.5 Å². The third-order valence-corrected chi connectivity index (χ3v) is 4.51. The fourth-order valence-corrected chi connectivity index (χ4v) is 3.42. The summed E-state index contributed by atoms with van der Waals surface area (Å²) in [7, 11) is 1.64. The molecule has 1 aromatic heterocycles. The number of methoxy groups -OCH3 is 1. The van der Waals surface area contributed by atoms with Gasteiger partial charge in [0, 0.05) is 10.6 Å². The number of ether oxygens (including phenoxy) is 1. The first-order chi connectivity index (χ1) is 9.22. The number of carbonyl (C=O) groups excluding carboxylic acids is 1. The molecule has 98 valence electrons. The maximum atomic E-state index is 12.1. The quantitative estimate of drug-likeness (QED) is 0.801. The van der Waals surface area contributed by atoms with Crippen LogP contribution in [0.15, 0.2) is 41.8 Å². The molecule has 1 aliphatic heterocycles. The van der Waals surface area contributed by atoms with Crippen molar-refractivity contribution in [3.05, 3.63) is 46.7 Å². The Morgan fingerprint density at radius 2 is 1.95 bits per heavy atom. The molecule has 1 amide bonds. The van der Waals surface area contributed by atoms with E-state index in [2.05, 4.69) is 11.4 Å². The molecule has 0 radical (unpaired) electrons. The van der Waals surface area contributed by atoms with E-state index >= 15 is 0 Å². The number of hydrogen-bond acceptors (Lipinski definition) is 3. The first kappa shape index (κ1) is 12.2. The van der Waals surface area contributed by atoms with E-state index in [-0.39, 0.29) is 17.9 Å². The second-order valence-electron chi connectivity index (χ2n) is 4.66. The van der Waals surface area contributed by atoms with Crippen LogP contribution in [0.25, 0.3) is 0 Å². The highest BCUT2D eigenvalue weighted by molar-refractivity contribution is 7.10. The van der Waals surface area contributed by atoms with Crippen LogP contribution in [0.2, 0.25) is 0 Å². The Morgan fingerprint density at radius 1 is 1.21 bits per heavy atom. The fraction of sp³-hybridized carbons (Fsp3) is 0.267. The number of rotatable bonds is 3. The number of carbonyl (C=O) groups is 1. The zero-order valence-electron chi connectivity index (χ0n) is 10.9. The first-order valence-corrected chi connectivity index (χ1v) is 7.11. The summed E-state index contributed by atoms with van der Waals surface area (Å²) < 4.78 is 5.15. The molecule has 4 heteroatoms. The van der Waals surface area contributed by atoms with Gasteiger partial charge < -0.3 is 9.64 Å². The Hall–Kier alpha value is -1.81. The number of benzene rings is 1. The maximum absolute atomic E-state index is 12.1. The van der Waals surface area contributed by atoms with Crippen molar-refractivity contribution in [2.75, 3.05) is 12.0 Å². The molecule has 3 rings (SSSR count). The molecule has 0 aliphatic carbocycles. The molecule has 1 fully saturated rings. The maximum Gasteiger partial charge on any atom is 0.232 e. The molecule has 2 atom stereocenters. The average molecular weight is 273 g/mol. The van der Waals surface area contributed by atoms with Crippen molar-refractivity contribution in [2.45, 2.75) is 13.0 Å². The Labute approximate surface area is 116 Å². The Kier molecular flexibility index (Phi) is 3.03. The minimum absolute atomic E-state index is 0.0563. The van der Waals surface area contributed by atoms with Crippen molar-refractivity contribution >= 4 is 22.9 Å². The molecule has 0 bridgehead atoms. The monoisotopic (exact) mass is 273 g/mol. The normalized spacial score (nSPS) is 22.2. The van der Waals surface area contributed by atoms with Gasteiger partial charge in [-0.1, -0.05) is 13.0 Å². The van der Waals surface area contributed by atoms with Gasteiger partial charge in [0.1, 0.15) is 5.75 Å². The van der Waals surface area contributed by atoms with Gasteiger partial charge in [0.15, 0.2) is 0 Å². The standard InChI is InChI=1S/C15H15NO2S/c1-10-14(13-4-3-9-19-13)16(15(10)17)11-5-7-12(18-2)8-6-11/h3-10,14H,1-2H3/t10-,14-/m1/s1. The lowest BCUT2D eigenvalue weighted by molar-refractivity contribution is -0.129. The van der Waals surface area contributed by atoms with Gasteiger partial charge in [-0.15, -0.1) is 11.3 Å². The van der Waals surface area contributed by atoms with Crippen LogP contribution in [0.5, 0.6) is 5.75 Å². The van der Waals surface area contributed by atoms with Gasteiger partial charge in [0.2, 0.25) is 5.91 Å². The SMILES string of the molecule is COc1ccc(N2C(=O)[C@H](C)[C@@H]2c2cccs2)cc1. The second-order valence-corrected chi connectivity index (χ2v) is 5.63. The molecule has 1 saturated heterocycles. The summed E-state index contributed by atoms with van der Waals surface area (Å²) in [4.78, 5) is 15.2. The van der Waals surface area contributed by atoms with Crippen molar-refractivity contribution in [2.24, 2.45) is 5.92 Å². The van der Waals surface area contributed by atoms with E-state index in [1.165, 1.54) is 4.88 Å². The first-order valence-electron chi connectivity index (χ1n) is 6.23. The van der Waals surface area contributed by atoms with Crippen molar-refractivity contribution in [3.63, 3.8) is 0 Å². The number of hydrogen-bond donors (Lipinski definition) is 0. The average Bonchev–Trinajstić information content (AvgIpc) is 2.97. The third kappa shape index (κ3) is 1.92. The number of anilines is 1. The van der Waals surface area contributed by atoms with Gasteiger partial charge in [-0.3, -0.25) is 4.79 Å². The molecular weight excluding hydrogens is 258 g/mol.